The molecule has 0 saturated heterocycles. The first-order valence-electron chi connectivity index (χ1n) is 7.15. The Morgan fingerprint density at radius 1 is 1.00 bits per heavy atom. The van der Waals surface area contributed by atoms with Gasteiger partial charge in [0.15, 0.2) is 0 Å². The summed E-state index contributed by atoms with van der Waals surface area (Å²) in [4.78, 5) is 0. The molecule has 0 aromatic carbocycles. The normalized spacial score (nSPS) is 14.1. The minimum Gasteiger partial charge on any atom is -0.0952 e. The van der Waals surface area contributed by atoms with Crippen LogP contribution in [0.1, 0.15) is 47.0 Å². The molecule has 0 amide bonds. The van der Waals surface area contributed by atoms with Crippen LogP contribution in [-0.4, -0.2) is 0 Å². The van der Waals surface area contributed by atoms with E-state index in [1.54, 1.807) is 0 Å². The maximum Gasteiger partial charge on any atom is -0.00291 e. The van der Waals surface area contributed by atoms with Crippen LogP contribution in [0.25, 0.3) is 0 Å². The van der Waals surface area contributed by atoms with Crippen LogP contribution in [0.4, 0.5) is 0 Å². The third-order valence-corrected chi connectivity index (χ3v) is 2.76. The summed E-state index contributed by atoms with van der Waals surface area (Å²) in [5.41, 5.74) is 3.73. The van der Waals surface area contributed by atoms with Crippen LogP contribution in [0.5, 0.6) is 0 Å². The van der Waals surface area contributed by atoms with Crippen LogP contribution in [0, 0.1) is 0 Å². The molecule has 0 aromatic heterocycles. The molecule has 0 heteroatoms. The highest BCUT2D eigenvalue weighted by Gasteiger charge is 1.99. The summed E-state index contributed by atoms with van der Waals surface area (Å²) in [5, 5.41) is 0. The fourth-order valence-corrected chi connectivity index (χ4v) is 1.51. The van der Waals surface area contributed by atoms with Gasteiger partial charge in [0.2, 0.25) is 0 Å². The van der Waals surface area contributed by atoms with Gasteiger partial charge in [-0.15, -0.1) is 0 Å². The molecule has 0 rings (SSSR count). The lowest BCUT2D eigenvalue weighted by molar-refractivity contribution is 1.14. The summed E-state index contributed by atoms with van der Waals surface area (Å²) in [7, 11) is 0. The highest BCUT2D eigenvalue weighted by atomic mass is 14.0. The van der Waals surface area contributed by atoms with Gasteiger partial charge < -0.3 is 0 Å². The van der Waals surface area contributed by atoms with Gasteiger partial charge in [-0.25, -0.2) is 0 Å². The minimum atomic E-state index is 0.907. The molecule has 0 aliphatic carbocycles. The molecule has 0 bridgehead atoms. The van der Waals surface area contributed by atoms with Crippen LogP contribution >= 0.6 is 0 Å². The summed E-state index contributed by atoms with van der Waals surface area (Å²) in [6, 6.07) is 0. The molecule has 0 aliphatic heterocycles. The van der Waals surface area contributed by atoms with Crippen molar-refractivity contribution in [1.29, 1.82) is 0 Å². The Bertz CT molecular complexity index is 398. The second-order valence-corrected chi connectivity index (χ2v) is 4.54. The molecular weight excluding hydrogens is 228 g/mol. The largest absolute Gasteiger partial charge is 0.0952 e. The summed E-state index contributed by atoms with van der Waals surface area (Å²) in [6.45, 7) is 12.6. The van der Waals surface area contributed by atoms with Crippen molar-refractivity contribution < 1.29 is 0 Å². The molecule has 0 radical (unpaired) electrons. The summed E-state index contributed by atoms with van der Waals surface area (Å²) in [5.74, 6) is 0. The molecule has 0 spiro atoms. The number of rotatable bonds is 8. The average molecular weight is 256 g/mol. The molecular formula is C19H28. The van der Waals surface area contributed by atoms with Crippen molar-refractivity contribution in [2.75, 3.05) is 0 Å². The first kappa shape index (κ1) is 17.4. The monoisotopic (exact) mass is 256 g/mol. The molecule has 0 atom stereocenters. The highest BCUT2D eigenvalue weighted by molar-refractivity contribution is 5.37. The van der Waals surface area contributed by atoms with E-state index in [0.717, 1.165) is 19.3 Å². The van der Waals surface area contributed by atoms with Gasteiger partial charge in [0, 0.05) is 0 Å². The van der Waals surface area contributed by atoms with Crippen molar-refractivity contribution in [3.63, 3.8) is 0 Å². The molecule has 0 saturated carbocycles. The molecule has 19 heavy (non-hydrogen) atoms. The Balaban J connectivity index is 4.82. The van der Waals surface area contributed by atoms with Gasteiger partial charge in [-0.1, -0.05) is 69.0 Å². The third kappa shape index (κ3) is 9.07. The molecule has 0 heterocycles. The summed E-state index contributed by atoms with van der Waals surface area (Å²) in [6.07, 6.45) is 20.1. The van der Waals surface area contributed by atoms with E-state index in [4.69, 9.17) is 0 Å². The van der Waals surface area contributed by atoms with E-state index >= 15 is 0 Å². The average Bonchev–Trinajstić information content (AvgIpc) is 2.41. The van der Waals surface area contributed by atoms with Crippen LogP contribution < -0.4 is 0 Å². The predicted molar refractivity (Wildman–Crippen MR) is 89.3 cm³/mol. The Labute approximate surface area is 119 Å². The quantitative estimate of drug-likeness (QED) is 0.446. The second-order valence-electron chi connectivity index (χ2n) is 4.54. The third-order valence-electron chi connectivity index (χ3n) is 2.76. The van der Waals surface area contributed by atoms with Crippen LogP contribution in [0.2, 0.25) is 0 Å². The van der Waals surface area contributed by atoms with Gasteiger partial charge in [-0.3, -0.25) is 0 Å². The van der Waals surface area contributed by atoms with Crippen molar-refractivity contribution in [1.82, 2.24) is 0 Å². The number of hydrogen-bond donors (Lipinski definition) is 0. The molecule has 0 unspecified atom stereocenters. The van der Waals surface area contributed by atoms with Gasteiger partial charge in [0.1, 0.15) is 0 Å². The topological polar surface area (TPSA) is 0 Å². The van der Waals surface area contributed by atoms with Crippen molar-refractivity contribution >= 4 is 0 Å². The van der Waals surface area contributed by atoms with E-state index in [1.807, 2.05) is 13.0 Å². The van der Waals surface area contributed by atoms with Crippen LogP contribution in [0.15, 0.2) is 71.9 Å². The van der Waals surface area contributed by atoms with Gasteiger partial charge in [0.25, 0.3) is 0 Å². The maximum atomic E-state index is 4.18. The fraction of sp³-hybridized carbons (Fsp3) is 0.368. The van der Waals surface area contributed by atoms with Gasteiger partial charge in [0.05, 0.1) is 0 Å². The van der Waals surface area contributed by atoms with Crippen LogP contribution in [-0.2, 0) is 0 Å². The SMILES string of the molecule is C=C(CC(=C/C=C\CC)/C=C/CC)/C(C)=C/C=C\C. The maximum absolute atomic E-state index is 4.18. The predicted octanol–water partition coefficient (Wildman–Crippen LogP) is 6.31. The van der Waals surface area contributed by atoms with E-state index in [2.05, 4.69) is 69.9 Å². The van der Waals surface area contributed by atoms with Gasteiger partial charge in [-0.05, 0) is 49.8 Å². The Morgan fingerprint density at radius 3 is 2.26 bits per heavy atom. The Morgan fingerprint density at radius 2 is 1.68 bits per heavy atom. The molecule has 104 valence electrons. The Hall–Kier alpha value is -1.56. The van der Waals surface area contributed by atoms with E-state index in [1.165, 1.54) is 16.7 Å². The van der Waals surface area contributed by atoms with Crippen molar-refractivity contribution in [3.8, 4) is 0 Å². The lowest BCUT2D eigenvalue weighted by Crippen LogP contribution is -1.87. The zero-order valence-corrected chi connectivity index (χ0v) is 12.9. The minimum absolute atomic E-state index is 0.907. The van der Waals surface area contributed by atoms with Gasteiger partial charge in [-0.2, -0.15) is 0 Å². The molecule has 0 nitrogen and oxygen atoms in total. The highest BCUT2D eigenvalue weighted by Crippen LogP contribution is 2.18. The second kappa shape index (κ2) is 11.5. The molecule has 0 fully saturated rings. The fourth-order valence-electron chi connectivity index (χ4n) is 1.51. The lowest BCUT2D eigenvalue weighted by atomic mass is 9.99. The van der Waals surface area contributed by atoms with E-state index < -0.39 is 0 Å². The zero-order chi connectivity index (χ0) is 14.5. The van der Waals surface area contributed by atoms with Gasteiger partial charge >= 0.3 is 0 Å². The smallest absolute Gasteiger partial charge is 0.00291 e. The summed E-state index contributed by atoms with van der Waals surface area (Å²) < 4.78 is 0. The van der Waals surface area contributed by atoms with Crippen LogP contribution in [0.3, 0.4) is 0 Å². The molecule has 0 N–H and O–H groups in total. The lowest BCUT2D eigenvalue weighted by Gasteiger charge is -2.06. The van der Waals surface area contributed by atoms with Crippen molar-refractivity contribution in [3.05, 3.63) is 71.9 Å². The zero-order valence-electron chi connectivity index (χ0n) is 12.9. The first-order chi connectivity index (χ1) is 9.15. The van der Waals surface area contributed by atoms with Crippen molar-refractivity contribution in [2.24, 2.45) is 0 Å². The Kier molecular flexibility index (Phi) is 10.6. The van der Waals surface area contributed by atoms with E-state index in [0.29, 0.717) is 0 Å². The molecule has 0 aliphatic rings. The standard InChI is InChI=1S/C19H28/c1-6-9-12-15-19(14-11-8-3)16-18(5)17(4)13-10-7-2/h7,9-15H,5-6,8,16H2,1-4H3/b10-7-,12-9-,14-11+,17-13+,19-15+. The van der Waals surface area contributed by atoms with E-state index in [9.17, 15) is 0 Å². The summed E-state index contributed by atoms with van der Waals surface area (Å²) >= 11 is 0. The molecule has 0 aromatic rings. The number of allylic oxidation sites excluding steroid dienone is 11. The van der Waals surface area contributed by atoms with Crippen molar-refractivity contribution in [2.45, 2.75) is 47.0 Å². The first-order valence-corrected chi connectivity index (χ1v) is 7.15. The van der Waals surface area contributed by atoms with E-state index in [-0.39, 0.29) is 0 Å². The number of hydrogen-bond acceptors (Lipinski definition) is 0.